The van der Waals surface area contributed by atoms with Crippen molar-refractivity contribution in [2.75, 3.05) is 18.0 Å². The Morgan fingerprint density at radius 3 is 2.75 bits per heavy atom. The minimum atomic E-state index is -0.617. The van der Waals surface area contributed by atoms with Gasteiger partial charge in [0, 0.05) is 30.8 Å². The van der Waals surface area contributed by atoms with E-state index in [1.54, 1.807) is 12.1 Å². The predicted molar refractivity (Wildman–Crippen MR) is 95.1 cm³/mol. The van der Waals surface area contributed by atoms with Gasteiger partial charge in [-0.1, -0.05) is 19.1 Å². The van der Waals surface area contributed by atoms with Crippen LogP contribution in [0.2, 0.25) is 0 Å². The Morgan fingerprint density at radius 1 is 1.29 bits per heavy atom. The van der Waals surface area contributed by atoms with Crippen molar-refractivity contribution < 1.29 is 10.2 Å². The highest BCUT2D eigenvalue weighted by molar-refractivity contribution is 5.65. The van der Waals surface area contributed by atoms with Crippen LogP contribution in [-0.4, -0.2) is 38.9 Å². The quantitative estimate of drug-likeness (QED) is 0.906. The van der Waals surface area contributed by atoms with Crippen molar-refractivity contribution in [2.45, 2.75) is 39.2 Å². The van der Waals surface area contributed by atoms with Crippen molar-refractivity contribution >= 4 is 5.82 Å². The first-order valence-electron chi connectivity index (χ1n) is 8.52. The molecule has 5 heteroatoms. The second kappa shape index (κ2) is 6.40. The predicted octanol–water partition coefficient (Wildman–Crippen LogP) is 3.14. The SMILES string of the molecule is CC[C@H]1CN(c2cc(C)nc(-c3ccccc3O)n2)CC[C@@]1(C)O. The van der Waals surface area contributed by atoms with Gasteiger partial charge in [-0.3, -0.25) is 0 Å². The highest BCUT2D eigenvalue weighted by Crippen LogP contribution is 2.33. The maximum atomic E-state index is 10.5. The molecule has 0 saturated carbocycles. The smallest absolute Gasteiger partial charge is 0.165 e. The molecular formula is C19H25N3O2. The number of hydrogen-bond donors (Lipinski definition) is 2. The fraction of sp³-hybridized carbons (Fsp3) is 0.474. The number of phenols is 1. The van der Waals surface area contributed by atoms with E-state index in [4.69, 9.17) is 0 Å². The number of phenolic OH excluding ortho intramolecular Hbond substituents is 1. The number of aliphatic hydroxyl groups is 1. The summed E-state index contributed by atoms with van der Waals surface area (Å²) >= 11 is 0. The summed E-state index contributed by atoms with van der Waals surface area (Å²) in [5, 5.41) is 20.6. The van der Waals surface area contributed by atoms with Gasteiger partial charge < -0.3 is 15.1 Å². The van der Waals surface area contributed by atoms with Gasteiger partial charge in [0.05, 0.1) is 11.2 Å². The Labute approximate surface area is 143 Å². The van der Waals surface area contributed by atoms with E-state index in [1.165, 1.54) is 0 Å². The van der Waals surface area contributed by atoms with E-state index in [9.17, 15) is 10.2 Å². The third kappa shape index (κ3) is 3.22. The van der Waals surface area contributed by atoms with Crippen LogP contribution >= 0.6 is 0 Å². The summed E-state index contributed by atoms with van der Waals surface area (Å²) in [6.07, 6.45) is 1.65. The number of nitrogens with zero attached hydrogens (tertiary/aromatic N) is 3. The Hall–Kier alpha value is -2.14. The first kappa shape index (κ1) is 16.7. The van der Waals surface area contributed by atoms with Gasteiger partial charge in [-0.2, -0.15) is 0 Å². The zero-order chi connectivity index (χ0) is 17.3. The first-order valence-corrected chi connectivity index (χ1v) is 8.52. The molecule has 1 aromatic heterocycles. The number of anilines is 1. The number of piperidine rings is 1. The fourth-order valence-corrected chi connectivity index (χ4v) is 3.39. The molecular weight excluding hydrogens is 302 g/mol. The monoisotopic (exact) mass is 327 g/mol. The summed E-state index contributed by atoms with van der Waals surface area (Å²) in [6, 6.07) is 9.09. The Balaban J connectivity index is 1.94. The van der Waals surface area contributed by atoms with Crippen LogP contribution in [0.1, 0.15) is 32.4 Å². The van der Waals surface area contributed by atoms with Crippen LogP contribution in [0.25, 0.3) is 11.4 Å². The zero-order valence-corrected chi connectivity index (χ0v) is 14.5. The Kier molecular flexibility index (Phi) is 4.45. The molecule has 1 aliphatic rings. The third-order valence-corrected chi connectivity index (χ3v) is 5.01. The number of rotatable bonds is 3. The van der Waals surface area contributed by atoms with Crippen molar-refractivity contribution in [3.05, 3.63) is 36.0 Å². The van der Waals surface area contributed by atoms with E-state index in [0.29, 0.717) is 11.4 Å². The summed E-state index contributed by atoms with van der Waals surface area (Å²) in [6.45, 7) is 7.52. The van der Waals surface area contributed by atoms with Gasteiger partial charge in [0.2, 0.25) is 0 Å². The molecule has 24 heavy (non-hydrogen) atoms. The number of para-hydroxylation sites is 1. The molecule has 0 aliphatic carbocycles. The lowest BCUT2D eigenvalue weighted by Gasteiger charge is -2.43. The van der Waals surface area contributed by atoms with E-state index < -0.39 is 5.60 Å². The van der Waals surface area contributed by atoms with Crippen LogP contribution in [0.4, 0.5) is 5.82 Å². The van der Waals surface area contributed by atoms with Crippen LogP contribution < -0.4 is 4.90 Å². The topological polar surface area (TPSA) is 69.5 Å². The summed E-state index contributed by atoms with van der Waals surface area (Å²) in [5.74, 6) is 1.79. The van der Waals surface area contributed by atoms with E-state index in [0.717, 1.165) is 37.4 Å². The Morgan fingerprint density at radius 2 is 2.04 bits per heavy atom. The molecule has 0 spiro atoms. The van der Waals surface area contributed by atoms with E-state index in [2.05, 4.69) is 21.8 Å². The van der Waals surface area contributed by atoms with E-state index in [1.807, 2.05) is 32.0 Å². The van der Waals surface area contributed by atoms with Crippen molar-refractivity contribution in [3.8, 4) is 17.1 Å². The molecule has 1 fully saturated rings. The maximum absolute atomic E-state index is 10.5. The molecule has 2 heterocycles. The lowest BCUT2D eigenvalue weighted by atomic mass is 9.81. The molecule has 0 bridgehead atoms. The average molecular weight is 327 g/mol. The standard InChI is InChI=1S/C19H25N3O2/c1-4-14-12-22(10-9-19(14,3)24)17-11-13(2)20-18(21-17)15-7-5-6-8-16(15)23/h5-8,11,14,23-24H,4,9-10,12H2,1-3H3/t14-,19+/m0/s1. The van der Waals surface area contributed by atoms with Crippen LogP contribution in [-0.2, 0) is 0 Å². The summed E-state index contributed by atoms with van der Waals surface area (Å²) in [4.78, 5) is 11.4. The van der Waals surface area contributed by atoms with Gasteiger partial charge >= 0.3 is 0 Å². The minimum Gasteiger partial charge on any atom is -0.507 e. The lowest BCUT2D eigenvalue weighted by Crippen LogP contribution is -2.50. The number of aromatic nitrogens is 2. The van der Waals surface area contributed by atoms with Crippen molar-refractivity contribution in [2.24, 2.45) is 5.92 Å². The number of aromatic hydroxyl groups is 1. The van der Waals surface area contributed by atoms with Crippen LogP contribution in [0.5, 0.6) is 5.75 Å². The van der Waals surface area contributed by atoms with E-state index in [-0.39, 0.29) is 11.7 Å². The number of aryl methyl sites for hydroxylation is 1. The molecule has 1 aliphatic heterocycles. The lowest BCUT2D eigenvalue weighted by molar-refractivity contribution is -0.0183. The minimum absolute atomic E-state index is 0.182. The molecule has 0 amide bonds. The molecule has 1 aromatic carbocycles. The van der Waals surface area contributed by atoms with Gasteiger partial charge in [0.25, 0.3) is 0 Å². The van der Waals surface area contributed by atoms with Crippen LogP contribution in [0, 0.1) is 12.8 Å². The molecule has 3 rings (SSSR count). The zero-order valence-electron chi connectivity index (χ0n) is 14.5. The third-order valence-electron chi connectivity index (χ3n) is 5.01. The van der Waals surface area contributed by atoms with E-state index >= 15 is 0 Å². The molecule has 2 N–H and O–H groups in total. The van der Waals surface area contributed by atoms with Crippen molar-refractivity contribution in [1.82, 2.24) is 9.97 Å². The highest BCUT2D eigenvalue weighted by atomic mass is 16.3. The van der Waals surface area contributed by atoms with Gasteiger partial charge in [0.1, 0.15) is 11.6 Å². The summed E-state index contributed by atoms with van der Waals surface area (Å²) < 4.78 is 0. The van der Waals surface area contributed by atoms with Gasteiger partial charge in [-0.15, -0.1) is 0 Å². The van der Waals surface area contributed by atoms with Gasteiger partial charge in [0.15, 0.2) is 5.82 Å². The van der Waals surface area contributed by atoms with Crippen molar-refractivity contribution in [3.63, 3.8) is 0 Å². The highest BCUT2D eigenvalue weighted by Gasteiger charge is 2.36. The van der Waals surface area contributed by atoms with Crippen molar-refractivity contribution in [1.29, 1.82) is 0 Å². The Bertz CT molecular complexity index is 730. The largest absolute Gasteiger partial charge is 0.507 e. The molecule has 1 saturated heterocycles. The van der Waals surface area contributed by atoms with Crippen LogP contribution in [0.3, 0.4) is 0 Å². The second-order valence-electron chi connectivity index (χ2n) is 6.87. The van der Waals surface area contributed by atoms with Gasteiger partial charge in [-0.05, 0) is 38.8 Å². The first-order chi connectivity index (χ1) is 11.4. The summed E-state index contributed by atoms with van der Waals surface area (Å²) in [7, 11) is 0. The fourth-order valence-electron chi connectivity index (χ4n) is 3.39. The molecule has 2 atom stereocenters. The second-order valence-corrected chi connectivity index (χ2v) is 6.87. The number of hydrogen-bond acceptors (Lipinski definition) is 5. The normalized spacial score (nSPS) is 24.2. The molecule has 2 aromatic rings. The molecule has 0 radical (unpaired) electrons. The molecule has 128 valence electrons. The average Bonchev–Trinajstić information content (AvgIpc) is 2.54. The van der Waals surface area contributed by atoms with Crippen LogP contribution in [0.15, 0.2) is 30.3 Å². The maximum Gasteiger partial charge on any atom is 0.165 e. The molecule has 0 unspecified atom stereocenters. The number of benzene rings is 1. The molecule has 5 nitrogen and oxygen atoms in total. The van der Waals surface area contributed by atoms with Gasteiger partial charge in [-0.25, -0.2) is 9.97 Å². The summed E-state index contributed by atoms with van der Waals surface area (Å²) in [5.41, 5.74) is 0.885.